The van der Waals surface area contributed by atoms with Crippen molar-refractivity contribution in [3.05, 3.63) is 76.0 Å². The molecule has 0 aliphatic rings. The van der Waals surface area contributed by atoms with E-state index in [0.29, 0.717) is 21.7 Å². The number of pyridine rings is 2. The normalized spacial score (nSPS) is 10.3. The summed E-state index contributed by atoms with van der Waals surface area (Å²) in [6.07, 6.45) is 3.14. The molecule has 1 N–H and O–H groups in total. The molecule has 27 heavy (non-hydrogen) atoms. The van der Waals surface area contributed by atoms with Crippen LogP contribution in [0.2, 0.25) is 10.0 Å². The number of carbonyl (C=O) groups is 1. The van der Waals surface area contributed by atoms with Crippen LogP contribution in [0.5, 0.6) is 17.5 Å². The van der Waals surface area contributed by atoms with E-state index in [2.05, 4.69) is 15.3 Å². The van der Waals surface area contributed by atoms with Crippen LogP contribution in [0, 0.1) is 0 Å². The van der Waals surface area contributed by atoms with Crippen LogP contribution in [-0.4, -0.2) is 23.0 Å². The van der Waals surface area contributed by atoms with Gasteiger partial charge in [0.2, 0.25) is 11.8 Å². The third kappa shape index (κ3) is 4.67. The fraction of sp³-hybridized carbons (Fsp3) is 0.105. The van der Waals surface area contributed by atoms with Crippen LogP contribution in [0.4, 0.5) is 0 Å². The molecule has 3 aromatic rings. The average molecular weight is 404 g/mol. The number of hydrogen-bond donors (Lipinski definition) is 1. The second-order valence-corrected chi connectivity index (χ2v) is 6.23. The Hall–Kier alpha value is -2.83. The Morgan fingerprint density at radius 1 is 1.07 bits per heavy atom. The van der Waals surface area contributed by atoms with Gasteiger partial charge in [-0.05, 0) is 30.3 Å². The van der Waals surface area contributed by atoms with Gasteiger partial charge in [-0.15, -0.1) is 0 Å². The Labute approximate surface area is 166 Å². The molecule has 1 amide bonds. The van der Waals surface area contributed by atoms with E-state index in [0.717, 1.165) is 5.56 Å². The highest BCUT2D eigenvalue weighted by Crippen LogP contribution is 2.32. The first-order valence-corrected chi connectivity index (χ1v) is 8.68. The molecular formula is C19H15Cl2N3O3. The average Bonchev–Trinajstić information content (AvgIpc) is 2.69. The lowest BCUT2D eigenvalue weighted by molar-refractivity contribution is 0.0947. The second kappa shape index (κ2) is 8.70. The third-order valence-electron chi connectivity index (χ3n) is 3.60. The smallest absolute Gasteiger partial charge is 0.257 e. The summed E-state index contributed by atoms with van der Waals surface area (Å²) in [5, 5.41) is 3.62. The van der Waals surface area contributed by atoms with Gasteiger partial charge in [-0.3, -0.25) is 4.79 Å². The molecule has 138 valence electrons. The highest BCUT2D eigenvalue weighted by molar-refractivity contribution is 6.34. The first-order valence-electron chi connectivity index (χ1n) is 7.92. The summed E-state index contributed by atoms with van der Waals surface area (Å²) in [6.45, 7) is 0.238. The summed E-state index contributed by atoms with van der Waals surface area (Å²) < 4.78 is 10.9. The third-order valence-corrected chi connectivity index (χ3v) is 4.15. The molecule has 1 aromatic carbocycles. The van der Waals surface area contributed by atoms with E-state index in [9.17, 15) is 4.79 Å². The number of nitrogens with one attached hydrogen (secondary N) is 1. The highest BCUT2D eigenvalue weighted by atomic mass is 35.5. The molecule has 0 saturated carbocycles. The Morgan fingerprint density at radius 2 is 1.81 bits per heavy atom. The Balaban J connectivity index is 1.78. The standard InChI is InChI=1S/C19H15Cl2N3O3/c1-26-18-12(4-2-8-22-18)11-24-17(25)14-5-3-9-23-19(14)27-16-10-13(20)6-7-15(16)21/h2-10H,11H2,1H3,(H,24,25). The zero-order chi connectivity index (χ0) is 19.2. The zero-order valence-electron chi connectivity index (χ0n) is 14.3. The maximum absolute atomic E-state index is 12.6. The van der Waals surface area contributed by atoms with Crippen LogP contribution >= 0.6 is 23.2 Å². The van der Waals surface area contributed by atoms with Gasteiger partial charge in [-0.1, -0.05) is 29.3 Å². The highest BCUT2D eigenvalue weighted by Gasteiger charge is 2.16. The second-order valence-electron chi connectivity index (χ2n) is 5.39. The van der Waals surface area contributed by atoms with Gasteiger partial charge in [-0.25, -0.2) is 9.97 Å². The van der Waals surface area contributed by atoms with E-state index in [1.807, 2.05) is 6.07 Å². The summed E-state index contributed by atoms with van der Waals surface area (Å²) in [4.78, 5) is 20.9. The van der Waals surface area contributed by atoms with Crippen LogP contribution in [0.15, 0.2) is 54.9 Å². The van der Waals surface area contributed by atoms with Crippen molar-refractivity contribution in [2.24, 2.45) is 0 Å². The van der Waals surface area contributed by atoms with E-state index >= 15 is 0 Å². The minimum atomic E-state index is -0.359. The Morgan fingerprint density at radius 3 is 2.59 bits per heavy atom. The topological polar surface area (TPSA) is 73.3 Å². The largest absolute Gasteiger partial charge is 0.481 e. The number of methoxy groups -OCH3 is 1. The number of ether oxygens (including phenoxy) is 2. The van der Waals surface area contributed by atoms with Crippen molar-refractivity contribution in [2.45, 2.75) is 6.54 Å². The van der Waals surface area contributed by atoms with E-state index in [4.69, 9.17) is 32.7 Å². The molecule has 3 rings (SSSR count). The van der Waals surface area contributed by atoms with Gasteiger partial charge >= 0.3 is 0 Å². The summed E-state index contributed by atoms with van der Waals surface area (Å²) >= 11 is 12.1. The molecule has 0 atom stereocenters. The van der Waals surface area contributed by atoms with E-state index in [-0.39, 0.29) is 23.9 Å². The Kier molecular flexibility index (Phi) is 6.11. The SMILES string of the molecule is COc1ncccc1CNC(=O)c1cccnc1Oc1cc(Cl)ccc1Cl. The number of rotatable bonds is 6. The zero-order valence-corrected chi connectivity index (χ0v) is 15.8. The molecular weight excluding hydrogens is 389 g/mol. The molecule has 0 bridgehead atoms. The summed E-state index contributed by atoms with van der Waals surface area (Å²) in [7, 11) is 1.52. The summed E-state index contributed by atoms with van der Waals surface area (Å²) in [5.74, 6) is 0.525. The van der Waals surface area contributed by atoms with Gasteiger partial charge in [-0.2, -0.15) is 0 Å². The van der Waals surface area contributed by atoms with Gasteiger partial charge in [0.05, 0.1) is 12.1 Å². The molecule has 0 fully saturated rings. The molecule has 0 spiro atoms. The quantitative estimate of drug-likeness (QED) is 0.654. The van der Waals surface area contributed by atoms with E-state index < -0.39 is 0 Å². The maximum atomic E-state index is 12.6. The van der Waals surface area contributed by atoms with Crippen LogP contribution in [-0.2, 0) is 6.54 Å². The lowest BCUT2D eigenvalue weighted by Gasteiger charge is -2.12. The summed E-state index contributed by atoms with van der Waals surface area (Å²) in [6, 6.07) is 11.6. The number of aromatic nitrogens is 2. The van der Waals surface area contributed by atoms with Crippen LogP contribution in [0.3, 0.4) is 0 Å². The Bertz CT molecular complexity index is 966. The van der Waals surface area contributed by atoms with Crippen LogP contribution in [0.25, 0.3) is 0 Å². The van der Waals surface area contributed by atoms with Gasteiger partial charge < -0.3 is 14.8 Å². The van der Waals surface area contributed by atoms with Crippen molar-refractivity contribution in [1.82, 2.24) is 15.3 Å². The predicted octanol–water partition coefficient (Wildman–Crippen LogP) is 4.51. The van der Waals surface area contributed by atoms with Crippen molar-refractivity contribution in [3.8, 4) is 17.5 Å². The van der Waals surface area contributed by atoms with Crippen molar-refractivity contribution < 1.29 is 14.3 Å². The molecule has 0 radical (unpaired) electrons. The predicted molar refractivity (Wildman–Crippen MR) is 103 cm³/mol. The van der Waals surface area contributed by atoms with Gasteiger partial charge in [0.1, 0.15) is 11.3 Å². The van der Waals surface area contributed by atoms with E-state index in [1.165, 1.54) is 13.3 Å². The molecule has 2 aromatic heterocycles. The van der Waals surface area contributed by atoms with Crippen LogP contribution in [0.1, 0.15) is 15.9 Å². The number of benzene rings is 1. The molecule has 0 unspecified atom stereocenters. The lowest BCUT2D eigenvalue weighted by Crippen LogP contribution is -2.24. The molecule has 0 aliphatic carbocycles. The van der Waals surface area contributed by atoms with Crippen molar-refractivity contribution in [3.63, 3.8) is 0 Å². The van der Waals surface area contributed by atoms with Crippen molar-refractivity contribution in [2.75, 3.05) is 7.11 Å². The molecule has 0 saturated heterocycles. The number of nitrogens with zero attached hydrogens (tertiary/aromatic N) is 2. The summed E-state index contributed by atoms with van der Waals surface area (Å²) in [5.41, 5.74) is 1.01. The number of halogens is 2. The van der Waals surface area contributed by atoms with Gasteiger partial charge in [0.15, 0.2) is 0 Å². The molecule has 8 heteroatoms. The van der Waals surface area contributed by atoms with E-state index in [1.54, 1.807) is 42.6 Å². The van der Waals surface area contributed by atoms with Crippen molar-refractivity contribution in [1.29, 1.82) is 0 Å². The first-order chi connectivity index (χ1) is 13.1. The van der Waals surface area contributed by atoms with Crippen LogP contribution < -0.4 is 14.8 Å². The molecule has 6 nitrogen and oxygen atoms in total. The lowest BCUT2D eigenvalue weighted by atomic mass is 10.2. The number of carbonyl (C=O) groups excluding carboxylic acids is 1. The fourth-order valence-electron chi connectivity index (χ4n) is 2.32. The minimum Gasteiger partial charge on any atom is -0.481 e. The maximum Gasteiger partial charge on any atom is 0.257 e. The molecule has 2 heterocycles. The number of hydrogen-bond acceptors (Lipinski definition) is 5. The van der Waals surface area contributed by atoms with Crippen molar-refractivity contribution >= 4 is 29.1 Å². The minimum absolute atomic E-state index is 0.123. The van der Waals surface area contributed by atoms with Gasteiger partial charge in [0.25, 0.3) is 5.91 Å². The monoisotopic (exact) mass is 403 g/mol. The first kappa shape index (κ1) is 18.9. The number of amides is 1. The fourth-order valence-corrected chi connectivity index (χ4v) is 2.64. The molecule has 0 aliphatic heterocycles. The van der Waals surface area contributed by atoms with Gasteiger partial charge in [0, 0.05) is 35.6 Å².